The van der Waals surface area contributed by atoms with Crippen LogP contribution in [0.15, 0.2) is 35.5 Å². The second-order valence-electron chi connectivity index (χ2n) is 11.4. The Bertz CT molecular complexity index is 1220. The van der Waals surface area contributed by atoms with Crippen LogP contribution in [0.4, 0.5) is 5.82 Å². The Kier molecular flexibility index (Phi) is 8.94. The van der Waals surface area contributed by atoms with Gasteiger partial charge in [-0.1, -0.05) is 24.3 Å². The molecule has 0 aliphatic carbocycles. The largest absolute Gasteiger partial charge is 0.609 e. The number of aliphatic hydroxyl groups excluding tert-OH is 1. The van der Waals surface area contributed by atoms with Crippen molar-refractivity contribution in [1.29, 1.82) is 0 Å². The quantitative estimate of drug-likeness (QED) is 0.401. The molecule has 2 amide bonds. The maximum atomic E-state index is 13.6. The molecule has 216 valence electrons. The Morgan fingerprint density at radius 1 is 1.05 bits per heavy atom. The van der Waals surface area contributed by atoms with Gasteiger partial charge in [0, 0.05) is 75.5 Å². The third kappa shape index (κ3) is 6.43. The summed E-state index contributed by atoms with van der Waals surface area (Å²) in [6, 6.07) is 10.1. The Morgan fingerprint density at radius 2 is 1.75 bits per heavy atom. The highest BCUT2D eigenvalue weighted by Crippen LogP contribution is 2.27. The molecule has 0 saturated carbocycles. The fourth-order valence-electron chi connectivity index (χ4n) is 5.95. The van der Waals surface area contributed by atoms with Gasteiger partial charge in [0.15, 0.2) is 0 Å². The average Bonchev–Trinajstić information content (AvgIpc) is 2.96. The molecule has 11 heteroatoms. The Hall–Kier alpha value is -2.73. The molecule has 4 heterocycles. The van der Waals surface area contributed by atoms with Crippen molar-refractivity contribution in [2.75, 3.05) is 38.0 Å². The number of benzene rings is 1. The van der Waals surface area contributed by atoms with E-state index in [1.807, 2.05) is 18.7 Å². The normalized spacial score (nSPS) is 23.1. The Morgan fingerprint density at radius 3 is 2.42 bits per heavy atom. The summed E-state index contributed by atoms with van der Waals surface area (Å²) in [4.78, 5) is 40.1. The van der Waals surface area contributed by atoms with Gasteiger partial charge in [0.2, 0.25) is 5.91 Å². The highest BCUT2D eigenvalue weighted by molar-refractivity contribution is 7.91. The van der Waals surface area contributed by atoms with E-state index in [1.165, 1.54) is 11.1 Å². The van der Waals surface area contributed by atoms with Gasteiger partial charge in [-0.3, -0.25) is 14.5 Å². The van der Waals surface area contributed by atoms with Crippen molar-refractivity contribution >= 4 is 28.8 Å². The van der Waals surface area contributed by atoms with Crippen LogP contribution in [-0.2, 0) is 28.9 Å². The predicted octanol–water partition coefficient (Wildman–Crippen LogP) is 2.05. The molecule has 1 unspecified atom stereocenters. The van der Waals surface area contributed by atoms with Crippen molar-refractivity contribution < 1.29 is 19.2 Å². The van der Waals surface area contributed by atoms with E-state index in [0.717, 1.165) is 32.4 Å². The fraction of sp³-hybridized carbons (Fsp3) is 0.586. The molecule has 2 aromatic rings. The summed E-state index contributed by atoms with van der Waals surface area (Å²) < 4.78 is 13.0. The third-order valence-corrected chi connectivity index (χ3v) is 9.69. The van der Waals surface area contributed by atoms with E-state index in [-0.39, 0.29) is 46.5 Å². The molecule has 40 heavy (non-hydrogen) atoms. The van der Waals surface area contributed by atoms with Crippen LogP contribution in [0.3, 0.4) is 0 Å². The molecule has 1 aromatic carbocycles. The Balaban J connectivity index is 1.28. The number of fused-ring (bicyclic) bond motifs is 1. The molecule has 0 spiro atoms. The summed E-state index contributed by atoms with van der Waals surface area (Å²) in [5, 5.41) is 14.4. The molecular weight excluding hydrogens is 528 g/mol. The van der Waals surface area contributed by atoms with E-state index in [2.05, 4.69) is 44.5 Å². The summed E-state index contributed by atoms with van der Waals surface area (Å²) in [6.07, 6.45) is 2.48. The topological polar surface area (TPSA) is 125 Å². The van der Waals surface area contributed by atoms with Crippen LogP contribution in [0.1, 0.15) is 61.6 Å². The minimum Gasteiger partial charge on any atom is -0.609 e. The lowest BCUT2D eigenvalue weighted by Gasteiger charge is -2.43. The number of piperidine rings is 2. The maximum absolute atomic E-state index is 13.6. The minimum atomic E-state index is -1.47. The van der Waals surface area contributed by atoms with Gasteiger partial charge in [-0.05, 0) is 50.7 Å². The van der Waals surface area contributed by atoms with E-state index in [1.54, 1.807) is 17.9 Å². The summed E-state index contributed by atoms with van der Waals surface area (Å²) >= 11 is -1.47. The van der Waals surface area contributed by atoms with Gasteiger partial charge in [0.1, 0.15) is 16.8 Å². The van der Waals surface area contributed by atoms with Crippen molar-refractivity contribution in [2.45, 2.75) is 81.6 Å². The molecule has 0 radical (unpaired) electrons. The van der Waals surface area contributed by atoms with E-state index < -0.39 is 17.3 Å². The number of likely N-dealkylation sites (tertiary alicyclic amines) is 2. The minimum absolute atomic E-state index is 0.00934. The van der Waals surface area contributed by atoms with Crippen LogP contribution in [0.2, 0.25) is 0 Å². The number of aromatic nitrogens is 2. The molecule has 2 saturated heterocycles. The van der Waals surface area contributed by atoms with Gasteiger partial charge in [0.25, 0.3) is 5.91 Å². The van der Waals surface area contributed by atoms with Crippen LogP contribution in [0.25, 0.3) is 0 Å². The van der Waals surface area contributed by atoms with Crippen molar-refractivity contribution in [3.05, 3.63) is 47.2 Å². The monoisotopic (exact) mass is 568 g/mol. The number of carbonyl (C=O) groups is 2. The second-order valence-corrected chi connectivity index (χ2v) is 13.3. The number of nitrogens with one attached hydrogen (secondary N) is 1. The lowest BCUT2D eigenvalue weighted by molar-refractivity contribution is -0.129. The summed E-state index contributed by atoms with van der Waals surface area (Å²) in [5.74, 6) is 0.241. The average molecular weight is 569 g/mol. The molecule has 3 aliphatic rings. The maximum Gasteiger partial charge on any atom is 0.345 e. The first-order valence-corrected chi connectivity index (χ1v) is 15.5. The van der Waals surface area contributed by atoms with Gasteiger partial charge in [0.05, 0.1) is 6.10 Å². The Labute approximate surface area is 239 Å². The van der Waals surface area contributed by atoms with Crippen molar-refractivity contribution in [2.24, 2.45) is 0 Å². The van der Waals surface area contributed by atoms with E-state index in [0.29, 0.717) is 31.9 Å². The fourth-order valence-corrected chi connectivity index (χ4v) is 6.75. The zero-order valence-corrected chi connectivity index (χ0v) is 24.4. The first-order chi connectivity index (χ1) is 19.2. The number of aliphatic hydroxyl groups is 1. The molecule has 1 aromatic heterocycles. The van der Waals surface area contributed by atoms with Crippen LogP contribution in [0, 0.1) is 0 Å². The zero-order chi connectivity index (χ0) is 28.4. The van der Waals surface area contributed by atoms with Gasteiger partial charge >= 0.3 is 5.16 Å². The number of rotatable bonds is 6. The highest BCUT2D eigenvalue weighted by Gasteiger charge is 2.36. The number of anilines is 1. The zero-order valence-electron chi connectivity index (χ0n) is 23.6. The SMILES string of the molecule is CC(=O)N1CCC(Nc2cc(C(=O)N3CC[C@@H](N4CCc5ccccc5C4)[C@H](O)C3)nc([S+]([O-])C(C)C)n2)CC1. The van der Waals surface area contributed by atoms with Gasteiger partial charge in [-0.15, -0.1) is 0 Å². The first-order valence-electron chi connectivity index (χ1n) is 14.3. The van der Waals surface area contributed by atoms with Gasteiger partial charge in [-0.2, -0.15) is 9.97 Å². The molecular formula is C29H40N6O4S. The van der Waals surface area contributed by atoms with Crippen LogP contribution < -0.4 is 5.32 Å². The van der Waals surface area contributed by atoms with Crippen LogP contribution in [-0.4, -0.2) is 102 Å². The van der Waals surface area contributed by atoms with Gasteiger partial charge < -0.3 is 24.8 Å². The predicted molar refractivity (Wildman–Crippen MR) is 153 cm³/mol. The first kappa shape index (κ1) is 28.8. The number of β-amino-alcohol motifs (C(OH)–C–C–N with tert-alkyl or cyclic N) is 1. The number of hydrogen-bond donors (Lipinski definition) is 2. The molecule has 2 N–H and O–H groups in total. The van der Waals surface area contributed by atoms with Crippen molar-refractivity contribution in [1.82, 2.24) is 24.7 Å². The second kappa shape index (κ2) is 12.4. The standard InChI is InChI=1S/C29H40N6O4S/c1-19(2)40(39)29-31-24(16-27(32-29)30-23-9-13-33(14-10-23)20(3)36)28(38)35-15-11-25(26(37)18-35)34-12-8-21-6-4-5-7-22(21)17-34/h4-7,16,19,23,25-26,37H,8-15,17-18H2,1-3H3,(H,30,31,32)/t25-,26-,40?/m1/s1. The van der Waals surface area contributed by atoms with E-state index in [4.69, 9.17) is 0 Å². The van der Waals surface area contributed by atoms with Crippen molar-refractivity contribution in [3.8, 4) is 0 Å². The smallest absolute Gasteiger partial charge is 0.345 e. The number of hydrogen-bond acceptors (Lipinski definition) is 8. The van der Waals surface area contributed by atoms with Crippen LogP contribution in [0.5, 0.6) is 0 Å². The number of nitrogens with zero attached hydrogens (tertiary/aromatic N) is 5. The van der Waals surface area contributed by atoms with Crippen LogP contribution >= 0.6 is 0 Å². The highest BCUT2D eigenvalue weighted by atomic mass is 32.2. The van der Waals surface area contributed by atoms with E-state index >= 15 is 0 Å². The molecule has 5 rings (SSSR count). The molecule has 10 nitrogen and oxygen atoms in total. The summed E-state index contributed by atoms with van der Waals surface area (Å²) in [5.41, 5.74) is 2.85. The lowest BCUT2D eigenvalue weighted by Crippen LogP contribution is -2.56. The molecule has 0 bridgehead atoms. The lowest BCUT2D eigenvalue weighted by atomic mass is 9.94. The summed E-state index contributed by atoms with van der Waals surface area (Å²) in [6.45, 7) is 8.99. The number of amides is 2. The molecule has 3 aliphatic heterocycles. The van der Waals surface area contributed by atoms with Gasteiger partial charge in [-0.25, -0.2) is 0 Å². The third-order valence-electron chi connectivity index (χ3n) is 8.29. The van der Waals surface area contributed by atoms with E-state index in [9.17, 15) is 19.2 Å². The molecule has 2 fully saturated rings. The molecule has 3 atom stereocenters. The summed E-state index contributed by atoms with van der Waals surface area (Å²) in [7, 11) is 0. The number of carbonyl (C=O) groups excluding carboxylic acids is 2. The van der Waals surface area contributed by atoms with Crippen molar-refractivity contribution in [3.63, 3.8) is 0 Å².